The van der Waals surface area contributed by atoms with Crippen molar-refractivity contribution in [1.82, 2.24) is 15.5 Å². The summed E-state index contributed by atoms with van der Waals surface area (Å²) in [6.45, 7) is 6.64. The molecule has 0 spiro atoms. The van der Waals surface area contributed by atoms with Gasteiger partial charge in [-0.25, -0.2) is 4.79 Å². The summed E-state index contributed by atoms with van der Waals surface area (Å²) in [4.78, 5) is 37.0. The number of carbonyl (C=O) groups excluding carboxylic acids is 2. The molecular formula is C14H23N3O5. The molecular weight excluding hydrogens is 290 g/mol. The molecule has 0 aromatic heterocycles. The molecule has 8 nitrogen and oxygen atoms in total. The van der Waals surface area contributed by atoms with E-state index < -0.39 is 30.1 Å². The lowest BCUT2D eigenvalue weighted by atomic mass is 10.0. The van der Waals surface area contributed by atoms with Crippen LogP contribution in [0.25, 0.3) is 0 Å². The third kappa shape index (κ3) is 4.17. The van der Waals surface area contributed by atoms with E-state index in [1.165, 1.54) is 0 Å². The van der Waals surface area contributed by atoms with E-state index in [0.717, 1.165) is 13.1 Å². The zero-order chi connectivity index (χ0) is 16.3. The molecule has 2 saturated heterocycles. The second-order valence-corrected chi connectivity index (χ2v) is 6.08. The molecule has 0 unspecified atom stereocenters. The average molecular weight is 313 g/mol. The van der Waals surface area contributed by atoms with Gasteiger partial charge in [-0.15, -0.1) is 0 Å². The van der Waals surface area contributed by atoms with E-state index >= 15 is 0 Å². The lowest BCUT2D eigenvalue weighted by Gasteiger charge is -2.31. The Balaban J connectivity index is 1.95. The normalized spacial score (nSPS) is 25.7. The Bertz CT molecular complexity index is 448. The summed E-state index contributed by atoms with van der Waals surface area (Å²) in [7, 11) is 0. The first-order chi connectivity index (χ1) is 10.4. The maximum absolute atomic E-state index is 12.6. The summed E-state index contributed by atoms with van der Waals surface area (Å²) in [5, 5.41) is 14.6. The number of carboxylic acid groups (broad SMARTS) is 1. The van der Waals surface area contributed by atoms with Crippen LogP contribution in [0.3, 0.4) is 0 Å². The van der Waals surface area contributed by atoms with Gasteiger partial charge >= 0.3 is 5.97 Å². The highest BCUT2D eigenvalue weighted by molar-refractivity contribution is 5.95. The predicted molar refractivity (Wildman–Crippen MR) is 77.1 cm³/mol. The van der Waals surface area contributed by atoms with Crippen LogP contribution in [-0.2, 0) is 19.1 Å². The summed E-state index contributed by atoms with van der Waals surface area (Å²) in [5.41, 5.74) is 0. The molecule has 0 saturated carbocycles. The SMILES string of the molecule is CC(C)C[C@H](NC(=O)[C@H]1O[C@@H]1C(=O)O)C(=O)N1CCNCC1. The number of carboxylic acids is 1. The number of epoxide rings is 1. The van der Waals surface area contributed by atoms with Crippen LogP contribution in [0.1, 0.15) is 20.3 Å². The highest BCUT2D eigenvalue weighted by atomic mass is 16.6. The number of aliphatic carboxylic acids is 1. The van der Waals surface area contributed by atoms with Crippen LogP contribution in [-0.4, -0.2) is 72.2 Å². The molecule has 2 amide bonds. The number of piperazine rings is 1. The average Bonchev–Trinajstić information content (AvgIpc) is 3.27. The molecule has 0 radical (unpaired) electrons. The Kier molecular flexibility index (Phi) is 5.36. The van der Waals surface area contributed by atoms with Crippen LogP contribution in [0.4, 0.5) is 0 Å². The minimum absolute atomic E-state index is 0.115. The Labute approximate surface area is 129 Å². The molecule has 0 aliphatic carbocycles. The molecule has 3 atom stereocenters. The molecule has 124 valence electrons. The second-order valence-electron chi connectivity index (χ2n) is 6.08. The predicted octanol–water partition coefficient (Wildman–Crippen LogP) is -1.20. The third-order valence-electron chi connectivity index (χ3n) is 3.74. The number of nitrogens with one attached hydrogen (secondary N) is 2. The van der Waals surface area contributed by atoms with Crippen molar-refractivity contribution in [3.63, 3.8) is 0 Å². The summed E-state index contributed by atoms with van der Waals surface area (Å²) in [6.07, 6.45) is -1.56. The van der Waals surface area contributed by atoms with Crippen LogP contribution in [0.15, 0.2) is 0 Å². The number of ether oxygens (including phenoxy) is 1. The minimum Gasteiger partial charge on any atom is -0.479 e. The van der Waals surface area contributed by atoms with Crippen molar-refractivity contribution in [2.24, 2.45) is 5.92 Å². The lowest BCUT2D eigenvalue weighted by molar-refractivity contribution is -0.138. The van der Waals surface area contributed by atoms with E-state index in [-0.39, 0.29) is 11.8 Å². The van der Waals surface area contributed by atoms with Crippen molar-refractivity contribution >= 4 is 17.8 Å². The molecule has 2 aliphatic rings. The summed E-state index contributed by atoms with van der Waals surface area (Å²) in [6, 6.07) is -0.635. The molecule has 0 bridgehead atoms. The zero-order valence-electron chi connectivity index (χ0n) is 12.9. The van der Waals surface area contributed by atoms with Gasteiger partial charge in [0.25, 0.3) is 5.91 Å². The molecule has 2 heterocycles. The molecule has 0 aromatic rings. The first-order valence-electron chi connectivity index (χ1n) is 7.58. The van der Waals surface area contributed by atoms with E-state index in [9.17, 15) is 14.4 Å². The van der Waals surface area contributed by atoms with Gasteiger partial charge in [0.15, 0.2) is 12.2 Å². The second kappa shape index (κ2) is 7.06. The monoisotopic (exact) mass is 313 g/mol. The maximum atomic E-state index is 12.6. The molecule has 0 aromatic carbocycles. The number of rotatable bonds is 6. The van der Waals surface area contributed by atoms with Gasteiger partial charge in [0.1, 0.15) is 6.04 Å². The third-order valence-corrected chi connectivity index (χ3v) is 3.74. The van der Waals surface area contributed by atoms with Gasteiger partial charge in [-0.1, -0.05) is 13.8 Å². The van der Waals surface area contributed by atoms with Gasteiger partial charge in [0.05, 0.1) is 0 Å². The van der Waals surface area contributed by atoms with Crippen LogP contribution < -0.4 is 10.6 Å². The Hall–Kier alpha value is -1.67. The van der Waals surface area contributed by atoms with E-state index in [2.05, 4.69) is 10.6 Å². The van der Waals surface area contributed by atoms with Crippen LogP contribution in [0, 0.1) is 5.92 Å². The zero-order valence-corrected chi connectivity index (χ0v) is 12.9. The number of carbonyl (C=O) groups is 3. The van der Waals surface area contributed by atoms with Crippen molar-refractivity contribution in [2.75, 3.05) is 26.2 Å². The molecule has 3 N–H and O–H groups in total. The van der Waals surface area contributed by atoms with Gasteiger partial charge < -0.3 is 25.4 Å². The quantitative estimate of drug-likeness (QED) is 0.531. The van der Waals surface area contributed by atoms with Gasteiger partial charge in [-0.05, 0) is 12.3 Å². The highest BCUT2D eigenvalue weighted by Gasteiger charge is 2.51. The van der Waals surface area contributed by atoms with Gasteiger partial charge in [-0.3, -0.25) is 9.59 Å². The van der Waals surface area contributed by atoms with Crippen LogP contribution in [0.5, 0.6) is 0 Å². The van der Waals surface area contributed by atoms with Gasteiger partial charge in [-0.2, -0.15) is 0 Å². The summed E-state index contributed by atoms with van der Waals surface area (Å²) in [5.74, 6) is -1.57. The standard InChI is InChI=1S/C14H23N3O5/c1-8(2)7-9(13(19)17-5-3-15-4-6-17)16-12(18)10-11(22-10)14(20)21/h8-11,15H,3-7H2,1-2H3,(H,16,18)(H,20,21)/t9-,10-,11-/m0/s1. The Morgan fingerprint density at radius 2 is 1.91 bits per heavy atom. The van der Waals surface area contributed by atoms with Crippen molar-refractivity contribution in [3.8, 4) is 0 Å². The molecule has 2 aliphatic heterocycles. The largest absolute Gasteiger partial charge is 0.479 e. The number of hydrogen-bond donors (Lipinski definition) is 3. The first-order valence-corrected chi connectivity index (χ1v) is 7.58. The van der Waals surface area contributed by atoms with Crippen molar-refractivity contribution < 1.29 is 24.2 Å². The fourth-order valence-electron chi connectivity index (χ4n) is 2.55. The van der Waals surface area contributed by atoms with E-state index in [4.69, 9.17) is 9.84 Å². The fourth-order valence-corrected chi connectivity index (χ4v) is 2.55. The molecule has 2 fully saturated rings. The topological polar surface area (TPSA) is 111 Å². The van der Waals surface area contributed by atoms with E-state index in [1.807, 2.05) is 13.8 Å². The van der Waals surface area contributed by atoms with Crippen LogP contribution in [0.2, 0.25) is 0 Å². The molecule has 22 heavy (non-hydrogen) atoms. The van der Waals surface area contributed by atoms with E-state index in [0.29, 0.717) is 19.5 Å². The molecule has 2 rings (SSSR count). The number of amides is 2. The van der Waals surface area contributed by atoms with Gasteiger partial charge in [0.2, 0.25) is 5.91 Å². The molecule has 8 heteroatoms. The fraction of sp³-hybridized carbons (Fsp3) is 0.786. The van der Waals surface area contributed by atoms with E-state index in [1.54, 1.807) is 4.90 Å². The van der Waals surface area contributed by atoms with Crippen molar-refractivity contribution in [2.45, 2.75) is 38.5 Å². The summed E-state index contributed by atoms with van der Waals surface area (Å²) < 4.78 is 4.82. The number of hydrogen-bond acceptors (Lipinski definition) is 5. The van der Waals surface area contributed by atoms with Crippen LogP contribution >= 0.6 is 0 Å². The number of nitrogens with zero attached hydrogens (tertiary/aromatic N) is 1. The van der Waals surface area contributed by atoms with Crippen molar-refractivity contribution in [3.05, 3.63) is 0 Å². The minimum atomic E-state index is -1.16. The smallest absolute Gasteiger partial charge is 0.336 e. The highest BCUT2D eigenvalue weighted by Crippen LogP contribution is 2.22. The Morgan fingerprint density at radius 3 is 2.41 bits per heavy atom. The lowest BCUT2D eigenvalue weighted by Crippen LogP contribution is -2.55. The summed E-state index contributed by atoms with van der Waals surface area (Å²) >= 11 is 0. The first kappa shape index (κ1) is 16.7. The Morgan fingerprint density at radius 1 is 1.27 bits per heavy atom. The maximum Gasteiger partial charge on any atom is 0.336 e. The van der Waals surface area contributed by atoms with Gasteiger partial charge in [0, 0.05) is 26.2 Å². The van der Waals surface area contributed by atoms with Crippen molar-refractivity contribution in [1.29, 1.82) is 0 Å².